The lowest BCUT2D eigenvalue weighted by Gasteiger charge is -2.09. The summed E-state index contributed by atoms with van der Waals surface area (Å²) in [5, 5.41) is 4.62. The van der Waals surface area contributed by atoms with Gasteiger partial charge in [-0.05, 0) is 35.9 Å². The Balaban J connectivity index is 2.22. The summed E-state index contributed by atoms with van der Waals surface area (Å²) in [6.07, 6.45) is 0. The van der Waals surface area contributed by atoms with Gasteiger partial charge in [-0.1, -0.05) is 23.7 Å². The molecule has 2 aromatic carbocycles. The molecule has 23 heavy (non-hydrogen) atoms. The van der Waals surface area contributed by atoms with Crippen molar-refractivity contribution in [2.75, 3.05) is 4.72 Å². The van der Waals surface area contributed by atoms with Crippen LogP contribution in [-0.2, 0) is 25.8 Å². The highest BCUT2D eigenvalue weighted by Gasteiger charge is 2.16. The van der Waals surface area contributed by atoms with Crippen LogP contribution in [0.5, 0.6) is 0 Å². The van der Waals surface area contributed by atoms with Crippen molar-refractivity contribution in [2.24, 2.45) is 5.14 Å². The third-order valence-electron chi connectivity index (χ3n) is 2.78. The number of benzene rings is 2. The molecule has 6 nitrogen and oxygen atoms in total. The van der Waals surface area contributed by atoms with E-state index in [1.54, 1.807) is 0 Å². The molecule has 2 aromatic rings. The van der Waals surface area contributed by atoms with Crippen LogP contribution in [0.4, 0.5) is 10.1 Å². The van der Waals surface area contributed by atoms with E-state index < -0.39 is 25.9 Å². The Kier molecular flexibility index (Phi) is 4.95. The van der Waals surface area contributed by atoms with E-state index in [9.17, 15) is 21.2 Å². The molecule has 0 aromatic heterocycles. The molecule has 0 saturated heterocycles. The number of hydrogen-bond acceptors (Lipinski definition) is 4. The molecule has 2 rings (SSSR count). The minimum atomic E-state index is -3.94. The van der Waals surface area contributed by atoms with E-state index in [1.165, 1.54) is 24.3 Å². The predicted molar refractivity (Wildman–Crippen MR) is 85.5 cm³/mol. The Hall–Kier alpha value is -1.68. The second kappa shape index (κ2) is 6.44. The molecule has 0 radical (unpaired) electrons. The zero-order valence-electron chi connectivity index (χ0n) is 11.5. The Morgan fingerprint density at radius 3 is 2.17 bits per heavy atom. The summed E-state index contributed by atoms with van der Waals surface area (Å²) in [6.45, 7) is 0. The van der Waals surface area contributed by atoms with Crippen LogP contribution in [0, 0.1) is 5.82 Å². The molecule has 0 fully saturated rings. The Morgan fingerprint density at radius 2 is 1.65 bits per heavy atom. The molecule has 0 aliphatic carbocycles. The van der Waals surface area contributed by atoms with Gasteiger partial charge in [0.05, 0.1) is 15.7 Å². The van der Waals surface area contributed by atoms with Gasteiger partial charge in [-0.25, -0.2) is 26.4 Å². The van der Waals surface area contributed by atoms with Crippen LogP contribution in [0.3, 0.4) is 0 Å². The van der Waals surface area contributed by atoms with E-state index in [2.05, 4.69) is 4.72 Å². The van der Waals surface area contributed by atoms with Crippen LogP contribution in [0.25, 0.3) is 0 Å². The van der Waals surface area contributed by atoms with Crippen molar-refractivity contribution in [2.45, 2.75) is 10.6 Å². The first-order valence-electron chi connectivity index (χ1n) is 6.14. The molecule has 0 aliphatic rings. The van der Waals surface area contributed by atoms with Crippen molar-refractivity contribution in [3.63, 3.8) is 0 Å². The van der Waals surface area contributed by atoms with Gasteiger partial charge >= 0.3 is 0 Å². The number of sulfonamides is 2. The molecule has 0 bridgehead atoms. The average Bonchev–Trinajstić information content (AvgIpc) is 2.42. The topological polar surface area (TPSA) is 106 Å². The van der Waals surface area contributed by atoms with E-state index in [0.29, 0.717) is 5.56 Å². The molecule has 0 aliphatic heterocycles. The number of hydrogen-bond donors (Lipinski definition) is 2. The number of halogens is 2. The fourth-order valence-electron chi connectivity index (χ4n) is 1.76. The lowest BCUT2D eigenvalue weighted by atomic mass is 10.2. The highest BCUT2D eigenvalue weighted by molar-refractivity contribution is 7.92. The second-order valence-corrected chi connectivity index (χ2v) is 8.39. The van der Waals surface area contributed by atoms with E-state index >= 15 is 0 Å². The van der Waals surface area contributed by atoms with Gasteiger partial charge < -0.3 is 0 Å². The van der Waals surface area contributed by atoms with Gasteiger partial charge in [0.1, 0.15) is 5.82 Å². The van der Waals surface area contributed by atoms with Crippen LogP contribution in [0.2, 0.25) is 5.02 Å². The van der Waals surface area contributed by atoms with Gasteiger partial charge in [-0.2, -0.15) is 0 Å². The van der Waals surface area contributed by atoms with E-state index in [1.807, 2.05) is 0 Å². The van der Waals surface area contributed by atoms with E-state index in [4.69, 9.17) is 16.7 Å². The summed E-state index contributed by atoms with van der Waals surface area (Å²) in [4.78, 5) is -0.197. The third-order valence-corrected chi connectivity index (χ3v) is 5.18. The van der Waals surface area contributed by atoms with E-state index in [0.717, 1.165) is 18.2 Å². The van der Waals surface area contributed by atoms with Crippen molar-refractivity contribution in [1.82, 2.24) is 0 Å². The van der Waals surface area contributed by atoms with Crippen LogP contribution in [0.15, 0.2) is 47.4 Å². The monoisotopic (exact) mass is 378 g/mol. The summed E-state index contributed by atoms with van der Waals surface area (Å²) in [7, 11) is -7.61. The summed E-state index contributed by atoms with van der Waals surface area (Å²) in [5.41, 5.74) is 0.629. The van der Waals surface area contributed by atoms with Gasteiger partial charge in [-0.15, -0.1) is 0 Å². The molecule has 124 valence electrons. The fourth-order valence-corrected chi connectivity index (χ4v) is 3.75. The first kappa shape index (κ1) is 17.7. The number of nitrogens with two attached hydrogens (primary N) is 1. The summed E-state index contributed by atoms with van der Waals surface area (Å²) >= 11 is 5.57. The fraction of sp³-hybridized carbons (Fsp3) is 0.0769. The molecule has 0 spiro atoms. The first-order valence-corrected chi connectivity index (χ1v) is 9.72. The normalized spacial score (nSPS) is 12.1. The van der Waals surface area contributed by atoms with Gasteiger partial charge in [-0.3, -0.25) is 4.72 Å². The number of rotatable bonds is 5. The maximum atomic E-state index is 13.1. The molecular formula is C13H12ClFN2O4S2. The Labute approximate surface area is 138 Å². The largest absolute Gasteiger partial charge is 0.280 e. The Morgan fingerprint density at radius 1 is 1.04 bits per heavy atom. The van der Waals surface area contributed by atoms with Gasteiger partial charge in [0.2, 0.25) is 10.0 Å². The maximum absolute atomic E-state index is 13.1. The molecule has 0 heterocycles. The highest BCUT2D eigenvalue weighted by atomic mass is 35.5. The van der Waals surface area contributed by atoms with Crippen LogP contribution >= 0.6 is 11.6 Å². The minimum absolute atomic E-state index is 0.197. The van der Waals surface area contributed by atoms with Crippen LogP contribution < -0.4 is 9.86 Å². The van der Waals surface area contributed by atoms with Crippen molar-refractivity contribution in [1.29, 1.82) is 0 Å². The van der Waals surface area contributed by atoms with E-state index in [-0.39, 0.29) is 21.4 Å². The van der Waals surface area contributed by atoms with Crippen molar-refractivity contribution in [3.05, 3.63) is 58.9 Å². The zero-order valence-corrected chi connectivity index (χ0v) is 13.9. The van der Waals surface area contributed by atoms with Gasteiger partial charge in [0.15, 0.2) is 0 Å². The standard InChI is InChI=1S/C13H12ClFN2O4S2/c14-12-7-11(5-6-13(12)15)23(20,21)17-10-3-1-9(2-4-10)8-22(16,18)19/h1-7,17H,8H2,(H2,16,18,19). The maximum Gasteiger partial charge on any atom is 0.261 e. The van der Waals surface area contributed by atoms with Gasteiger partial charge in [0.25, 0.3) is 10.0 Å². The molecule has 0 unspecified atom stereocenters. The third kappa shape index (κ3) is 4.90. The molecule has 3 N–H and O–H groups in total. The second-order valence-electron chi connectivity index (χ2n) is 4.69. The van der Waals surface area contributed by atoms with Crippen LogP contribution in [0.1, 0.15) is 5.56 Å². The van der Waals surface area contributed by atoms with Crippen LogP contribution in [-0.4, -0.2) is 16.8 Å². The summed E-state index contributed by atoms with van der Waals surface area (Å²) in [5.74, 6) is -1.08. The smallest absolute Gasteiger partial charge is 0.261 e. The molecule has 0 atom stereocenters. The minimum Gasteiger partial charge on any atom is -0.280 e. The average molecular weight is 379 g/mol. The van der Waals surface area contributed by atoms with Gasteiger partial charge in [0, 0.05) is 5.69 Å². The number of anilines is 1. The SMILES string of the molecule is NS(=O)(=O)Cc1ccc(NS(=O)(=O)c2ccc(F)c(Cl)c2)cc1. The highest BCUT2D eigenvalue weighted by Crippen LogP contribution is 2.22. The quantitative estimate of drug-likeness (QED) is 0.830. The van der Waals surface area contributed by atoms with Crippen molar-refractivity contribution in [3.8, 4) is 0 Å². The lowest BCUT2D eigenvalue weighted by Crippen LogP contribution is -2.15. The molecular weight excluding hydrogens is 367 g/mol. The summed E-state index contributed by atoms with van der Waals surface area (Å²) in [6, 6.07) is 8.67. The zero-order chi connectivity index (χ0) is 17.3. The lowest BCUT2D eigenvalue weighted by molar-refractivity contribution is 0.596. The first-order chi connectivity index (χ1) is 10.6. The number of primary sulfonamides is 1. The number of nitrogens with one attached hydrogen (secondary N) is 1. The predicted octanol–water partition coefficient (Wildman–Crippen LogP) is 2.07. The molecule has 10 heteroatoms. The molecule has 0 amide bonds. The van der Waals surface area contributed by atoms with Crippen molar-refractivity contribution < 1.29 is 21.2 Å². The summed E-state index contributed by atoms with van der Waals surface area (Å²) < 4.78 is 61.7. The molecule has 0 saturated carbocycles. The van der Waals surface area contributed by atoms with Crippen molar-refractivity contribution >= 4 is 37.3 Å². The Bertz CT molecular complexity index is 929.